The average Bonchev–Trinajstić information content (AvgIpc) is 2.75. The number of piperidine rings is 2. The van der Waals surface area contributed by atoms with Crippen molar-refractivity contribution in [3.8, 4) is 0 Å². The van der Waals surface area contributed by atoms with Gasteiger partial charge in [0.2, 0.25) is 11.8 Å². The first-order valence-corrected chi connectivity index (χ1v) is 9.00. The Labute approximate surface area is 137 Å². The maximum atomic E-state index is 13.0. The first kappa shape index (κ1) is 15.4. The van der Waals surface area contributed by atoms with Crippen LogP contribution in [0, 0.1) is 17.3 Å². The molecule has 3 N–H and O–H groups in total. The van der Waals surface area contributed by atoms with Crippen LogP contribution in [0.25, 0.3) is 0 Å². The van der Waals surface area contributed by atoms with E-state index in [2.05, 4.69) is 16.0 Å². The van der Waals surface area contributed by atoms with Gasteiger partial charge in [0.15, 0.2) is 0 Å². The van der Waals surface area contributed by atoms with E-state index in [9.17, 15) is 9.59 Å². The van der Waals surface area contributed by atoms with Gasteiger partial charge in [-0.25, -0.2) is 0 Å². The van der Waals surface area contributed by atoms with Gasteiger partial charge in [-0.1, -0.05) is 0 Å². The fraction of sp³-hybridized carbons (Fsp3) is 0.882. The van der Waals surface area contributed by atoms with Gasteiger partial charge in [0.1, 0.15) is 0 Å². The lowest BCUT2D eigenvalue weighted by atomic mass is 9.60. The van der Waals surface area contributed by atoms with E-state index in [-0.39, 0.29) is 23.7 Å². The van der Waals surface area contributed by atoms with Crippen LogP contribution in [0.4, 0.5) is 0 Å². The first-order chi connectivity index (χ1) is 11.0. The van der Waals surface area contributed by atoms with Gasteiger partial charge < -0.3 is 20.9 Å². The van der Waals surface area contributed by atoms with Crippen molar-refractivity contribution in [2.75, 3.05) is 27.2 Å². The van der Waals surface area contributed by atoms with Gasteiger partial charge >= 0.3 is 0 Å². The van der Waals surface area contributed by atoms with Crippen LogP contribution in [-0.2, 0) is 9.59 Å². The summed E-state index contributed by atoms with van der Waals surface area (Å²) in [5, 5.41) is 10.4. The van der Waals surface area contributed by atoms with Crippen molar-refractivity contribution in [2.24, 2.45) is 17.3 Å². The Morgan fingerprint density at radius 2 is 2.04 bits per heavy atom. The maximum Gasteiger partial charge on any atom is 0.227 e. The molecule has 4 bridgehead atoms. The molecule has 5 aliphatic rings. The van der Waals surface area contributed by atoms with E-state index < -0.39 is 5.41 Å². The number of nitrogens with zero attached hydrogens (tertiary/aromatic N) is 1. The molecule has 0 aliphatic carbocycles. The van der Waals surface area contributed by atoms with Crippen molar-refractivity contribution >= 4 is 11.8 Å². The quantitative estimate of drug-likeness (QED) is 0.653. The molecular weight excluding hydrogens is 292 g/mol. The number of hydrogen-bond donors (Lipinski definition) is 3. The molecule has 5 aliphatic heterocycles. The predicted molar refractivity (Wildman–Crippen MR) is 86.7 cm³/mol. The molecule has 0 aromatic carbocycles. The number of hydrogen-bond acceptors (Lipinski definition) is 4. The topological polar surface area (TPSA) is 73.5 Å². The van der Waals surface area contributed by atoms with Gasteiger partial charge in [0.05, 0.1) is 5.41 Å². The van der Waals surface area contributed by atoms with Crippen molar-refractivity contribution in [2.45, 2.75) is 50.2 Å². The summed E-state index contributed by atoms with van der Waals surface area (Å²) < 4.78 is 0. The number of fused-ring (bicyclic) bond motifs is 6. The van der Waals surface area contributed by atoms with Gasteiger partial charge in [-0.2, -0.15) is 0 Å². The van der Waals surface area contributed by atoms with Crippen LogP contribution in [0.1, 0.15) is 32.1 Å². The third kappa shape index (κ3) is 2.30. The third-order valence-electron chi connectivity index (χ3n) is 6.68. The zero-order valence-corrected chi connectivity index (χ0v) is 14.1. The van der Waals surface area contributed by atoms with Crippen molar-refractivity contribution < 1.29 is 9.59 Å². The van der Waals surface area contributed by atoms with Crippen molar-refractivity contribution in [3.63, 3.8) is 0 Å². The number of rotatable bonds is 2. The van der Waals surface area contributed by atoms with E-state index >= 15 is 0 Å². The fourth-order valence-corrected chi connectivity index (χ4v) is 5.55. The summed E-state index contributed by atoms with van der Waals surface area (Å²) in [7, 11) is 3.67. The molecule has 0 spiro atoms. The second-order valence-electron chi connectivity index (χ2n) is 8.13. The molecule has 0 saturated carbocycles. The summed E-state index contributed by atoms with van der Waals surface area (Å²) in [4.78, 5) is 27.6. The van der Waals surface area contributed by atoms with Crippen LogP contribution >= 0.6 is 0 Å². The SMILES string of the molecule is CN(C)C(=O)C1CC2CCC(N2)C1C12CCC(CNC1=O)NC2. The van der Waals surface area contributed by atoms with Gasteiger partial charge in [-0.15, -0.1) is 0 Å². The minimum Gasteiger partial charge on any atom is -0.354 e. The molecule has 0 aromatic heterocycles. The van der Waals surface area contributed by atoms with Crippen molar-refractivity contribution in [1.29, 1.82) is 0 Å². The molecule has 0 aromatic rings. The normalized spacial score (nSPS) is 45.5. The average molecular weight is 320 g/mol. The van der Waals surface area contributed by atoms with E-state index in [0.717, 1.165) is 38.6 Å². The lowest BCUT2D eigenvalue weighted by molar-refractivity contribution is -0.146. The van der Waals surface area contributed by atoms with Crippen LogP contribution in [0.3, 0.4) is 0 Å². The molecular formula is C17H28N4O2. The maximum absolute atomic E-state index is 13.0. The predicted octanol–water partition coefficient (Wildman–Crippen LogP) is -0.300. The summed E-state index contributed by atoms with van der Waals surface area (Å²) in [5.74, 6) is 0.425. The van der Waals surface area contributed by atoms with Crippen molar-refractivity contribution in [3.05, 3.63) is 0 Å². The van der Waals surface area contributed by atoms with Crippen LogP contribution in [0.5, 0.6) is 0 Å². The number of carbonyl (C=O) groups excluding carboxylic acids is 2. The van der Waals surface area contributed by atoms with Crippen LogP contribution < -0.4 is 16.0 Å². The third-order valence-corrected chi connectivity index (χ3v) is 6.68. The van der Waals surface area contributed by atoms with Crippen LogP contribution in [0.2, 0.25) is 0 Å². The minimum atomic E-state index is -0.434. The van der Waals surface area contributed by atoms with Gasteiger partial charge in [0.25, 0.3) is 0 Å². The highest BCUT2D eigenvalue weighted by atomic mass is 16.2. The fourth-order valence-electron chi connectivity index (χ4n) is 5.55. The highest BCUT2D eigenvalue weighted by molar-refractivity contribution is 5.86. The highest BCUT2D eigenvalue weighted by Gasteiger charge is 2.59. The number of amides is 2. The lowest BCUT2D eigenvalue weighted by Gasteiger charge is -2.49. The molecule has 23 heavy (non-hydrogen) atoms. The number of carbonyl (C=O) groups is 2. The molecule has 6 heteroatoms. The number of nitrogens with one attached hydrogen (secondary N) is 3. The summed E-state index contributed by atoms with van der Waals surface area (Å²) in [6.45, 7) is 1.44. The molecule has 6 atom stereocenters. The first-order valence-electron chi connectivity index (χ1n) is 9.00. The van der Waals surface area contributed by atoms with Gasteiger partial charge in [-0.3, -0.25) is 9.59 Å². The molecule has 6 nitrogen and oxygen atoms in total. The van der Waals surface area contributed by atoms with Crippen molar-refractivity contribution in [1.82, 2.24) is 20.9 Å². The Bertz CT molecular complexity index is 513. The summed E-state index contributed by atoms with van der Waals surface area (Å²) in [5.41, 5.74) is -0.434. The molecule has 0 radical (unpaired) electrons. The summed E-state index contributed by atoms with van der Waals surface area (Å²) in [6, 6.07) is 1.13. The van der Waals surface area contributed by atoms with Gasteiger partial charge in [-0.05, 0) is 32.1 Å². The Balaban J connectivity index is 1.73. The Morgan fingerprint density at radius 1 is 1.22 bits per heavy atom. The molecule has 5 rings (SSSR count). The molecule has 2 amide bonds. The minimum absolute atomic E-state index is 0.0362. The smallest absolute Gasteiger partial charge is 0.227 e. The molecule has 5 fully saturated rings. The van der Waals surface area contributed by atoms with E-state index in [1.54, 1.807) is 4.90 Å². The van der Waals surface area contributed by atoms with E-state index in [1.165, 1.54) is 0 Å². The standard InChI is InChI=1S/C17H28N4O2/c1-21(2)15(22)12-7-10-3-4-13(20-10)14(12)17-6-5-11(19-9-17)8-18-16(17)23/h10-14,19-20H,3-9H2,1-2H3,(H,18,23). The Kier molecular flexibility index (Phi) is 3.65. The Morgan fingerprint density at radius 3 is 2.74 bits per heavy atom. The highest BCUT2D eigenvalue weighted by Crippen LogP contribution is 2.50. The molecule has 6 unspecified atom stereocenters. The van der Waals surface area contributed by atoms with Gasteiger partial charge in [0, 0.05) is 57.1 Å². The monoisotopic (exact) mass is 320 g/mol. The zero-order valence-electron chi connectivity index (χ0n) is 14.1. The van der Waals surface area contributed by atoms with E-state index in [0.29, 0.717) is 24.7 Å². The second-order valence-corrected chi connectivity index (χ2v) is 8.13. The molecule has 5 saturated heterocycles. The molecule has 128 valence electrons. The van der Waals surface area contributed by atoms with Crippen LogP contribution in [0.15, 0.2) is 0 Å². The molecule has 5 heterocycles. The lowest BCUT2D eigenvalue weighted by Crippen LogP contribution is -2.62. The van der Waals surface area contributed by atoms with E-state index in [4.69, 9.17) is 0 Å². The van der Waals surface area contributed by atoms with E-state index in [1.807, 2.05) is 14.1 Å². The van der Waals surface area contributed by atoms with Crippen LogP contribution in [-0.4, -0.2) is 62.0 Å². The summed E-state index contributed by atoms with van der Waals surface area (Å²) in [6.07, 6.45) is 5.02. The Hall–Kier alpha value is -1.14. The summed E-state index contributed by atoms with van der Waals surface area (Å²) >= 11 is 0. The largest absolute Gasteiger partial charge is 0.354 e. The zero-order chi connectivity index (χ0) is 16.2. The second kappa shape index (κ2) is 5.45.